The zero-order chi connectivity index (χ0) is 20.9. The second-order valence-corrected chi connectivity index (χ2v) is 8.96. The average Bonchev–Trinajstić information content (AvgIpc) is 2.75. The summed E-state index contributed by atoms with van der Waals surface area (Å²) < 4.78 is 0. The average molecular weight is 425 g/mol. The minimum atomic E-state index is 0.411. The molecule has 160 valence electrons. The number of benzene rings is 1. The molecule has 0 aliphatic heterocycles. The van der Waals surface area contributed by atoms with Gasteiger partial charge in [-0.2, -0.15) is 4.98 Å². The van der Waals surface area contributed by atoms with Crippen molar-refractivity contribution in [2.24, 2.45) is 0 Å². The normalized spacial score (nSPS) is 20.7. The molecule has 0 amide bonds. The van der Waals surface area contributed by atoms with Gasteiger partial charge in [0.2, 0.25) is 5.95 Å². The van der Waals surface area contributed by atoms with E-state index < -0.39 is 0 Å². The van der Waals surface area contributed by atoms with Gasteiger partial charge in [0.15, 0.2) is 5.11 Å². The molecule has 1 aromatic heterocycles. The molecule has 2 aromatic rings. The van der Waals surface area contributed by atoms with Gasteiger partial charge in [0.05, 0.1) is 5.69 Å². The lowest BCUT2D eigenvalue weighted by Crippen LogP contribution is -2.42. The van der Waals surface area contributed by atoms with E-state index in [2.05, 4.69) is 34.9 Å². The van der Waals surface area contributed by atoms with Crippen molar-refractivity contribution in [3.8, 4) is 0 Å². The van der Waals surface area contributed by atoms with Gasteiger partial charge in [-0.3, -0.25) is 0 Å². The molecule has 30 heavy (non-hydrogen) atoms. The highest BCUT2D eigenvalue weighted by atomic mass is 32.1. The highest BCUT2D eigenvalue weighted by Gasteiger charge is 2.24. The van der Waals surface area contributed by atoms with E-state index in [0.717, 1.165) is 56.0 Å². The molecule has 0 bridgehead atoms. The highest BCUT2D eigenvalue weighted by Crippen LogP contribution is 2.29. The molecule has 6 nitrogen and oxygen atoms in total. The van der Waals surface area contributed by atoms with Crippen LogP contribution in [-0.4, -0.2) is 41.3 Å². The van der Waals surface area contributed by atoms with Crippen molar-refractivity contribution < 1.29 is 0 Å². The number of thiocarbonyl (C=S) groups is 1. The Labute approximate surface area is 184 Å². The lowest BCUT2D eigenvalue weighted by molar-refractivity contribution is 0.387. The van der Waals surface area contributed by atoms with Crippen molar-refractivity contribution in [1.82, 2.24) is 15.3 Å². The molecule has 2 aliphatic rings. The monoisotopic (exact) mass is 424 g/mol. The Bertz CT molecular complexity index is 861. The van der Waals surface area contributed by atoms with Gasteiger partial charge >= 0.3 is 0 Å². The van der Waals surface area contributed by atoms with Crippen molar-refractivity contribution in [2.75, 3.05) is 29.6 Å². The number of nitrogens with zero attached hydrogens (tertiary/aromatic N) is 3. The lowest BCUT2D eigenvalue weighted by atomic mass is 9.91. The summed E-state index contributed by atoms with van der Waals surface area (Å²) in [5, 5.41) is 11.1. The maximum Gasteiger partial charge on any atom is 0.225 e. The van der Waals surface area contributed by atoms with Gasteiger partial charge in [0, 0.05) is 37.4 Å². The number of hydrogen-bond donors (Lipinski definition) is 3. The second-order valence-electron chi connectivity index (χ2n) is 8.55. The van der Waals surface area contributed by atoms with Crippen LogP contribution in [0.2, 0.25) is 0 Å². The van der Waals surface area contributed by atoms with E-state index in [-0.39, 0.29) is 0 Å². The number of hydrogen-bond acceptors (Lipinski definition) is 5. The van der Waals surface area contributed by atoms with E-state index in [1.54, 1.807) is 0 Å². The van der Waals surface area contributed by atoms with E-state index in [1.807, 2.05) is 30.3 Å². The third-order valence-corrected chi connectivity index (χ3v) is 6.23. The SMILES string of the molecule is CN(C)c1nc(N[C@H]2CC[C@@H](NC(=S)Nc3ccccc3)CC2)nc2c1CCCC2. The number of aromatic nitrogens is 2. The van der Waals surface area contributed by atoms with Crippen LogP contribution in [0, 0.1) is 0 Å². The molecule has 4 rings (SSSR count). The zero-order valence-electron chi connectivity index (χ0n) is 17.9. The van der Waals surface area contributed by atoms with Gasteiger partial charge in [0.1, 0.15) is 5.82 Å². The van der Waals surface area contributed by atoms with Gasteiger partial charge in [-0.1, -0.05) is 18.2 Å². The van der Waals surface area contributed by atoms with Crippen LogP contribution in [0.25, 0.3) is 0 Å². The Morgan fingerprint density at radius 3 is 2.40 bits per heavy atom. The first-order valence-corrected chi connectivity index (χ1v) is 11.5. The molecule has 0 saturated heterocycles. The Morgan fingerprint density at radius 2 is 1.67 bits per heavy atom. The van der Waals surface area contributed by atoms with Crippen molar-refractivity contribution >= 4 is 34.8 Å². The number of aryl methyl sites for hydroxylation is 1. The van der Waals surface area contributed by atoms with Crippen molar-refractivity contribution in [3.05, 3.63) is 41.6 Å². The van der Waals surface area contributed by atoms with Crippen molar-refractivity contribution in [3.63, 3.8) is 0 Å². The van der Waals surface area contributed by atoms with Gasteiger partial charge in [-0.15, -0.1) is 0 Å². The Hall–Kier alpha value is -2.41. The number of nitrogens with one attached hydrogen (secondary N) is 3. The van der Waals surface area contributed by atoms with Crippen LogP contribution in [-0.2, 0) is 12.8 Å². The molecule has 0 atom stereocenters. The van der Waals surface area contributed by atoms with Crippen LogP contribution >= 0.6 is 12.2 Å². The molecule has 7 heteroatoms. The van der Waals surface area contributed by atoms with Crippen molar-refractivity contribution in [1.29, 1.82) is 0 Å². The fourth-order valence-corrected chi connectivity index (χ4v) is 4.73. The molecule has 3 N–H and O–H groups in total. The predicted octanol–water partition coefficient (Wildman–Crippen LogP) is 4.13. The third kappa shape index (κ3) is 5.19. The number of para-hydroxylation sites is 1. The summed E-state index contributed by atoms with van der Waals surface area (Å²) in [5.74, 6) is 1.87. The fraction of sp³-hybridized carbons (Fsp3) is 0.522. The molecule has 2 aliphatic carbocycles. The number of rotatable bonds is 5. The van der Waals surface area contributed by atoms with E-state index >= 15 is 0 Å². The highest BCUT2D eigenvalue weighted by molar-refractivity contribution is 7.80. The van der Waals surface area contributed by atoms with Gasteiger partial charge < -0.3 is 20.9 Å². The zero-order valence-corrected chi connectivity index (χ0v) is 18.8. The molecule has 1 aromatic carbocycles. The van der Waals surface area contributed by atoms with Gasteiger partial charge in [-0.25, -0.2) is 4.98 Å². The molecular formula is C23H32N6S. The summed E-state index contributed by atoms with van der Waals surface area (Å²) in [6.07, 6.45) is 8.96. The molecule has 1 saturated carbocycles. The van der Waals surface area contributed by atoms with Gasteiger partial charge in [0.25, 0.3) is 0 Å². The first-order chi connectivity index (χ1) is 14.6. The van der Waals surface area contributed by atoms with E-state index in [0.29, 0.717) is 17.2 Å². The number of fused-ring (bicyclic) bond motifs is 1. The van der Waals surface area contributed by atoms with Crippen LogP contribution in [0.4, 0.5) is 17.5 Å². The fourth-order valence-electron chi connectivity index (χ4n) is 4.45. The third-order valence-electron chi connectivity index (χ3n) is 6.01. The number of anilines is 3. The van der Waals surface area contributed by atoms with Crippen LogP contribution < -0.4 is 20.9 Å². The summed E-state index contributed by atoms with van der Waals surface area (Å²) in [6.45, 7) is 0. The van der Waals surface area contributed by atoms with Crippen molar-refractivity contribution in [2.45, 2.75) is 63.5 Å². The summed E-state index contributed by atoms with van der Waals surface area (Å²) >= 11 is 5.48. The first-order valence-electron chi connectivity index (χ1n) is 11.0. The minimum Gasteiger partial charge on any atom is -0.362 e. The van der Waals surface area contributed by atoms with E-state index in [4.69, 9.17) is 22.2 Å². The quantitative estimate of drug-likeness (QED) is 0.624. The van der Waals surface area contributed by atoms with E-state index in [1.165, 1.54) is 24.1 Å². The smallest absolute Gasteiger partial charge is 0.225 e. The van der Waals surface area contributed by atoms with E-state index in [9.17, 15) is 0 Å². The summed E-state index contributed by atoms with van der Waals surface area (Å²) in [6, 6.07) is 10.9. The molecular weight excluding hydrogens is 392 g/mol. The Kier molecular flexibility index (Phi) is 6.67. The summed E-state index contributed by atoms with van der Waals surface area (Å²) in [5.41, 5.74) is 3.59. The maximum atomic E-state index is 5.48. The minimum absolute atomic E-state index is 0.411. The maximum absolute atomic E-state index is 5.48. The molecule has 0 unspecified atom stereocenters. The van der Waals surface area contributed by atoms with Crippen LogP contribution in [0.15, 0.2) is 30.3 Å². The topological polar surface area (TPSA) is 65.1 Å². The summed E-state index contributed by atoms with van der Waals surface area (Å²) in [7, 11) is 4.15. The standard InChI is InChI=1S/C23H32N6S/c1-29(2)21-19-10-6-7-11-20(19)27-22(28-21)24-17-12-14-18(15-13-17)26-23(30)25-16-8-4-3-5-9-16/h3-5,8-9,17-18H,6-7,10-15H2,1-2H3,(H,24,27,28)(H2,25,26,30)/t17-,18+. The van der Waals surface area contributed by atoms with Crippen LogP contribution in [0.5, 0.6) is 0 Å². The van der Waals surface area contributed by atoms with Crippen LogP contribution in [0.3, 0.4) is 0 Å². The largest absolute Gasteiger partial charge is 0.362 e. The summed E-state index contributed by atoms with van der Waals surface area (Å²) in [4.78, 5) is 11.8. The molecule has 1 heterocycles. The van der Waals surface area contributed by atoms with Crippen LogP contribution in [0.1, 0.15) is 49.8 Å². The second kappa shape index (κ2) is 9.60. The Balaban J connectivity index is 1.30. The lowest BCUT2D eigenvalue weighted by Gasteiger charge is -2.31. The molecule has 1 fully saturated rings. The predicted molar refractivity (Wildman–Crippen MR) is 128 cm³/mol. The van der Waals surface area contributed by atoms with Gasteiger partial charge in [-0.05, 0) is 75.7 Å². The molecule has 0 spiro atoms. The molecule has 0 radical (unpaired) electrons. The first kappa shape index (κ1) is 20.8. The Morgan fingerprint density at radius 1 is 0.967 bits per heavy atom.